The van der Waals surface area contributed by atoms with Crippen molar-refractivity contribution in [3.05, 3.63) is 29.1 Å². The van der Waals surface area contributed by atoms with Crippen molar-refractivity contribution >= 4 is 22.4 Å². The number of anilines is 1. The second-order valence-electron chi connectivity index (χ2n) is 5.24. The van der Waals surface area contributed by atoms with Crippen molar-refractivity contribution in [2.75, 3.05) is 11.9 Å². The molecule has 22 heavy (non-hydrogen) atoms. The van der Waals surface area contributed by atoms with Gasteiger partial charge in [0.1, 0.15) is 0 Å². The number of hydrogen-bond donors (Lipinski definition) is 1. The maximum atomic E-state index is 14.0. The van der Waals surface area contributed by atoms with E-state index in [1.54, 1.807) is 5.38 Å². The zero-order valence-corrected chi connectivity index (χ0v) is 12.7. The molecule has 1 saturated carbocycles. The number of nitrogens with one attached hydrogen (secondary N) is 1. The van der Waals surface area contributed by atoms with E-state index in [9.17, 15) is 13.6 Å². The Morgan fingerprint density at radius 3 is 2.68 bits per heavy atom. The number of benzene rings is 1. The average Bonchev–Trinajstić information content (AvgIpc) is 3.15. The molecule has 0 atom stereocenters. The van der Waals surface area contributed by atoms with Crippen LogP contribution < -0.4 is 10.1 Å². The highest BCUT2D eigenvalue weighted by atomic mass is 32.1. The fourth-order valence-corrected chi connectivity index (χ4v) is 2.71. The summed E-state index contributed by atoms with van der Waals surface area (Å²) in [5.41, 5.74) is 0.710. The Morgan fingerprint density at radius 1 is 1.41 bits per heavy atom. The fourth-order valence-electron chi connectivity index (χ4n) is 1.95. The van der Waals surface area contributed by atoms with Gasteiger partial charge in [-0.05, 0) is 30.9 Å². The highest BCUT2D eigenvalue weighted by molar-refractivity contribution is 7.14. The lowest BCUT2D eigenvalue weighted by atomic mass is 10.1. The molecule has 0 spiro atoms. The largest absolute Gasteiger partial charge is 0.487 e. The van der Waals surface area contributed by atoms with Gasteiger partial charge in [0.05, 0.1) is 12.3 Å². The van der Waals surface area contributed by atoms with Crippen LogP contribution in [-0.4, -0.2) is 17.5 Å². The third kappa shape index (κ3) is 3.41. The zero-order valence-electron chi connectivity index (χ0n) is 11.9. The molecule has 1 aliphatic carbocycles. The molecule has 1 amide bonds. The van der Waals surface area contributed by atoms with Crippen LogP contribution in [0.4, 0.5) is 13.9 Å². The predicted octanol–water partition coefficient (Wildman–Crippen LogP) is 3.84. The molecule has 4 nitrogen and oxygen atoms in total. The van der Waals surface area contributed by atoms with Crippen LogP contribution in [0.25, 0.3) is 11.3 Å². The number of carbonyl (C=O) groups is 1. The van der Waals surface area contributed by atoms with Gasteiger partial charge in [0.25, 0.3) is 0 Å². The molecule has 0 bridgehead atoms. The summed E-state index contributed by atoms with van der Waals surface area (Å²) in [6.07, 6.45) is 2.10. The summed E-state index contributed by atoms with van der Waals surface area (Å²) in [6.45, 7) is 1.71. The molecule has 1 heterocycles. The first-order chi connectivity index (χ1) is 10.5. The van der Waals surface area contributed by atoms with E-state index in [0.717, 1.165) is 12.8 Å². The highest BCUT2D eigenvalue weighted by Crippen LogP contribution is 2.33. The van der Waals surface area contributed by atoms with Crippen molar-refractivity contribution < 1.29 is 18.3 Å². The van der Waals surface area contributed by atoms with E-state index in [1.165, 1.54) is 30.4 Å². The number of aromatic nitrogens is 1. The number of thiazole rings is 1. The number of nitrogens with zero attached hydrogens (tertiary/aromatic N) is 1. The lowest BCUT2D eigenvalue weighted by Gasteiger charge is -2.09. The van der Waals surface area contributed by atoms with Crippen molar-refractivity contribution in [1.29, 1.82) is 0 Å². The van der Waals surface area contributed by atoms with Crippen LogP contribution in [0.1, 0.15) is 19.8 Å². The predicted molar refractivity (Wildman–Crippen MR) is 80.0 cm³/mol. The summed E-state index contributed by atoms with van der Waals surface area (Å²) in [5, 5.41) is 4.55. The number of halogens is 2. The van der Waals surface area contributed by atoms with E-state index < -0.39 is 11.6 Å². The monoisotopic (exact) mass is 324 g/mol. The fraction of sp³-hybridized carbons (Fsp3) is 0.333. The van der Waals surface area contributed by atoms with Gasteiger partial charge in [-0.1, -0.05) is 0 Å². The normalized spacial score (nSPS) is 14.0. The second-order valence-corrected chi connectivity index (χ2v) is 6.10. The molecule has 1 aromatic carbocycles. The molecular formula is C15H14F2N2O2S. The van der Waals surface area contributed by atoms with Gasteiger partial charge >= 0.3 is 0 Å². The van der Waals surface area contributed by atoms with E-state index in [-0.39, 0.29) is 11.7 Å². The first kappa shape index (κ1) is 14.9. The lowest BCUT2D eigenvalue weighted by molar-refractivity contribution is -0.114. The lowest BCUT2D eigenvalue weighted by Crippen LogP contribution is -2.05. The minimum atomic E-state index is -0.746. The maximum Gasteiger partial charge on any atom is 0.223 e. The Kier molecular flexibility index (Phi) is 4.06. The molecule has 7 heteroatoms. The molecule has 116 valence electrons. The van der Waals surface area contributed by atoms with Crippen LogP contribution in [-0.2, 0) is 4.79 Å². The van der Waals surface area contributed by atoms with Crippen molar-refractivity contribution in [2.45, 2.75) is 19.8 Å². The Morgan fingerprint density at radius 2 is 2.09 bits per heavy atom. The summed E-state index contributed by atoms with van der Waals surface area (Å²) < 4.78 is 33.3. The third-order valence-electron chi connectivity index (χ3n) is 3.24. The molecule has 1 N–H and O–H groups in total. The van der Waals surface area contributed by atoms with Gasteiger partial charge in [0, 0.05) is 17.9 Å². The average molecular weight is 324 g/mol. The van der Waals surface area contributed by atoms with Crippen molar-refractivity contribution in [3.8, 4) is 17.0 Å². The van der Waals surface area contributed by atoms with Gasteiger partial charge in [0.15, 0.2) is 22.5 Å². The summed E-state index contributed by atoms with van der Waals surface area (Å²) in [7, 11) is 0. The number of rotatable bonds is 5. The molecule has 3 rings (SSSR count). The Labute approximate surface area is 130 Å². The maximum absolute atomic E-state index is 14.0. The first-order valence-corrected chi connectivity index (χ1v) is 7.76. The van der Waals surface area contributed by atoms with E-state index in [4.69, 9.17) is 4.74 Å². The molecular weight excluding hydrogens is 310 g/mol. The van der Waals surface area contributed by atoms with Crippen LogP contribution in [0.5, 0.6) is 5.75 Å². The van der Waals surface area contributed by atoms with Gasteiger partial charge in [0.2, 0.25) is 5.91 Å². The smallest absolute Gasteiger partial charge is 0.223 e. The number of amides is 1. The summed E-state index contributed by atoms with van der Waals surface area (Å²) in [5.74, 6) is -1.67. The molecule has 0 radical (unpaired) electrons. The molecule has 1 aliphatic rings. The third-order valence-corrected chi connectivity index (χ3v) is 4.00. The quantitative estimate of drug-likeness (QED) is 0.909. The zero-order chi connectivity index (χ0) is 15.7. The Hall–Kier alpha value is -2.02. The van der Waals surface area contributed by atoms with Crippen LogP contribution in [0.15, 0.2) is 17.5 Å². The number of ether oxygens (including phenoxy) is 1. The number of hydrogen-bond acceptors (Lipinski definition) is 4. The van der Waals surface area contributed by atoms with Crippen molar-refractivity contribution in [2.24, 2.45) is 5.92 Å². The van der Waals surface area contributed by atoms with Gasteiger partial charge in [-0.25, -0.2) is 13.8 Å². The first-order valence-electron chi connectivity index (χ1n) is 6.88. The van der Waals surface area contributed by atoms with Crippen LogP contribution in [0.3, 0.4) is 0 Å². The van der Waals surface area contributed by atoms with Crippen LogP contribution >= 0.6 is 11.3 Å². The topological polar surface area (TPSA) is 51.2 Å². The minimum Gasteiger partial charge on any atom is -0.487 e. The molecule has 1 aromatic heterocycles. The second kappa shape index (κ2) is 6.00. The van der Waals surface area contributed by atoms with Gasteiger partial charge in [-0.3, -0.25) is 4.79 Å². The summed E-state index contributed by atoms with van der Waals surface area (Å²) in [4.78, 5) is 15.1. The van der Waals surface area contributed by atoms with E-state index in [2.05, 4.69) is 10.3 Å². The molecule has 0 unspecified atom stereocenters. The van der Waals surface area contributed by atoms with Crippen molar-refractivity contribution in [3.63, 3.8) is 0 Å². The molecule has 2 aromatic rings. The highest BCUT2D eigenvalue weighted by Gasteiger charge is 2.24. The summed E-state index contributed by atoms with van der Waals surface area (Å²) >= 11 is 1.19. The van der Waals surface area contributed by atoms with Gasteiger partial charge in [-0.15, -0.1) is 11.3 Å². The summed E-state index contributed by atoms with van der Waals surface area (Å²) in [6, 6.07) is 2.38. The Bertz CT molecular complexity index is 690. The van der Waals surface area contributed by atoms with Gasteiger partial charge < -0.3 is 10.1 Å². The standard InChI is InChI=1S/C15H14F2N2O2S/c1-8(20)18-15-19-13(7-22-15)10-4-11(16)14(12(17)5-10)21-6-9-2-3-9/h4-5,7,9H,2-3,6H2,1H3,(H,18,19,20). The van der Waals surface area contributed by atoms with Crippen LogP contribution in [0.2, 0.25) is 0 Å². The molecule has 1 fully saturated rings. The number of carbonyl (C=O) groups excluding carboxylic acids is 1. The van der Waals surface area contributed by atoms with E-state index in [0.29, 0.717) is 28.9 Å². The molecule has 0 aliphatic heterocycles. The Balaban J connectivity index is 1.81. The minimum absolute atomic E-state index is 0.248. The molecule has 0 saturated heterocycles. The van der Waals surface area contributed by atoms with E-state index in [1.807, 2.05) is 0 Å². The SMILES string of the molecule is CC(=O)Nc1nc(-c2cc(F)c(OCC3CC3)c(F)c2)cs1. The van der Waals surface area contributed by atoms with Crippen molar-refractivity contribution in [1.82, 2.24) is 4.98 Å². The van der Waals surface area contributed by atoms with Crippen LogP contribution in [0, 0.1) is 17.6 Å². The van der Waals surface area contributed by atoms with E-state index >= 15 is 0 Å². The van der Waals surface area contributed by atoms with Gasteiger partial charge in [-0.2, -0.15) is 0 Å².